The fourth-order valence-electron chi connectivity index (χ4n) is 2.15. The lowest BCUT2D eigenvalue weighted by molar-refractivity contribution is 0.102. The maximum atomic E-state index is 12.5. The molecule has 2 aromatic rings. The van der Waals surface area contributed by atoms with Crippen LogP contribution in [0.4, 0.5) is 5.69 Å². The molecule has 2 aromatic carbocycles. The van der Waals surface area contributed by atoms with E-state index in [2.05, 4.69) is 5.32 Å². The van der Waals surface area contributed by atoms with Crippen LogP contribution in [0.3, 0.4) is 0 Å². The van der Waals surface area contributed by atoms with Gasteiger partial charge in [-0.05, 0) is 30.7 Å². The Balaban J connectivity index is 2.26. The molecule has 0 atom stereocenters. The van der Waals surface area contributed by atoms with Gasteiger partial charge in [0.15, 0.2) is 11.5 Å². The first kappa shape index (κ1) is 17.9. The van der Waals surface area contributed by atoms with Gasteiger partial charge in [-0.1, -0.05) is 30.7 Å². The van der Waals surface area contributed by atoms with Gasteiger partial charge in [0.1, 0.15) is 5.75 Å². The molecule has 1 N–H and O–H groups in total. The van der Waals surface area contributed by atoms with Gasteiger partial charge in [0, 0.05) is 5.56 Å². The molecule has 0 aliphatic carbocycles. The van der Waals surface area contributed by atoms with Gasteiger partial charge >= 0.3 is 0 Å². The Hall–Kier alpha value is -2.40. The van der Waals surface area contributed by atoms with E-state index in [1.807, 2.05) is 25.1 Å². The van der Waals surface area contributed by atoms with Crippen LogP contribution in [0, 0.1) is 0 Å². The first-order chi connectivity index (χ1) is 11.6. The quantitative estimate of drug-likeness (QED) is 0.805. The molecule has 128 valence electrons. The zero-order valence-corrected chi connectivity index (χ0v) is 14.6. The number of carbonyl (C=O) groups is 1. The van der Waals surface area contributed by atoms with E-state index in [1.54, 1.807) is 12.1 Å². The van der Waals surface area contributed by atoms with Crippen molar-refractivity contribution in [2.75, 3.05) is 26.1 Å². The number of hydrogen-bond acceptors (Lipinski definition) is 4. The number of methoxy groups -OCH3 is 2. The Morgan fingerprint density at radius 2 is 1.88 bits per heavy atom. The zero-order chi connectivity index (χ0) is 17.5. The van der Waals surface area contributed by atoms with Crippen molar-refractivity contribution >= 4 is 23.2 Å². The average molecular weight is 350 g/mol. The number of nitrogens with one attached hydrogen (secondary N) is 1. The molecule has 0 heterocycles. The van der Waals surface area contributed by atoms with E-state index in [0.29, 0.717) is 40.1 Å². The fourth-order valence-corrected chi connectivity index (χ4v) is 2.44. The largest absolute Gasteiger partial charge is 0.493 e. The molecule has 0 saturated carbocycles. The van der Waals surface area contributed by atoms with Crippen molar-refractivity contribution < 1.29 is 19.0 Å². The highest BCUT2D eigenvalue weighted by atomic mass is 35.5. The van der Waals surface area contributed by atoms with Gasteiger partial charge in [0.25, 0.3) is 5.91 Å². The van der Waals surface area contributed by atoms with Crippen LogP contribution in [0.2, 0.25) is 5.02 Å². The van der Waals surface area contributed by atoms with Crippen molar-refractivity contribution in [3.05, 3.63) is 47.0 Å². The second kappa shape index (κ2) is 8.45. The number of para-hydroxylation sites is 2. The number of rotatable bonds is 7. The fraction of sp³-hybridized carbons (Fsp3) is 0.278. The predicted octanol–water partition coefficient (Wildman–Crippen LogP) is 4.40. The van der Waals surface area contributed by atoms with E-state index in [-0.39, 0.29) is 5.91 Å². The van der Waals surface area contributed by atoms with E-state index < -0.39 is 0 Å². The third-order valence-electron chi connectivity index (χ3n) is 3.29. The molecule has 0 radical (unpaired) electrons. The maximum absolute atomic E-state index is 12.5. The van der Waals surface area contributed by atoms with Gasteiger partial charge in [0.05, 0.1) is 31.5 Å². The number of benzene rings is 2. The number of anilines is 1. The summed E-state index contributed by atoms with van der Waals surface area (Å²) in [5.74, 6) is 1.10. The average Bonchev–Trinajstić information content (AvgIpc) is 2.60. The Labute approximate surface area is 146 Å². The molecule has 1 amide bonds. The summed E-state index contributed by atoms with van der Waals surface area (Å²) < 4.78 is 16.0. The summed E-state index contributed by atoms with van der Waals surface area (Å²) in [5.41, 5.74) is 0.963. The maximum Gasteiger partial charge on any atom is 0.255 e. The lowest BCUT2D eigenvalue weighted by Gasteiger charge is -2.14. The van der Waals surface area contributed by atoms with Crippen molar-refractivity contribution in [1.29, 1.82) is 0 Å². The summed E-state index contributed by atoms with van der Waals surface area (Å²) in [5, 5.41) is 3.14. The summed E-state index contributed by atoms with van der Waals surface area (Å²) in [4.78, 5) is 12.5. The van der Waals surface area contributed by atoms with Crippen LogP contribution in [0.25, 0.3) is 0 Å². The zero-order valence-electron chi connectivity index (χ0n) is 13.9. The molecule has 0 unspecified atom stereocenters. The van der Waals surface area contributed by atoms with Crippen LogP contribution < -0.4 is 19.5 Å². The van der Waals surface area contributed by atoms with Crippen LogP contribution in [-0.4, -0.2) is 26.7 Å². The predicted molar refractivity (Wildman–Crippen MR) is 94.7 cm³/mol. The minimum absolute atomic E-state index is 0.303. The van der Waals surface area contributed by atoms with E-state index in [4.69, 9.17) is 25.8 Å². The first-order valence-corrected chi connectivity index (χ1v) is 7.93. The minimum atomic E-state index is -0.314. The number of hydrogen-bond donors (Lipinski definition) is 1. The number of carbonyl (C=O) groups excluding carboxylic acids is 1. The van der Waals surface area contributed by atoms with Crippen LogP contribution in [0.1, 0.15) is 23.7 Å². The molecule has 0 bridgehead atoms. The van der Waals surface area contributed by atoms with Crippen molar-refractivity contribution in [3.8, 4) is 17.2 Å². The van der Waals surface area contributed by atoms with Gasteiger partial charge in [-0.3, -0.25) is 4.79 Å². The van der Waals surface area contributed by atoms with Gasteiger partial charge in [0.2, 0.25) is 0 Å². The van der Waals surface area contributed by atoms with Crippen molar-refractivity contribution in [2.24, 2.45) is 0 Å². The molecule has 0 saturated heterocycles. The molecular formula is C18H20ClNO4. The monoisotopic (exact) mass is 349 g/mol. The standard InChI is InChI=1S/C18H20ClNO4/c1-4-9-24-15-8-6-5-7-14(15)20-18(21)12-10-13(19)17(23-3)16(11-12)22-2/h5-8,10-11H,4,9H2,1-3H3,(H,20,21). The van der Waals surface area contributed by atoms with Crippen molar-refractivity contribution in [1.82, 2.24) is 0 Å². The lowest BCUT2D eigenvalue weighted by atomic mass is 10.1. The Morgan fingerprint density at radius 1 is 1.12 bits per heavy atom. The molecule has 2 rings (SSSR count). The molecule has 0 aliphatic rings. The van der Waals surface area contributed by atoms with Crippen molar-refractivity contribution in [3.63, 3.8) is 0 Å². The molecule has 24 heavy (non-hydrogen) atoms. The number of ether oxygens (including phenoxy) is 3. The van der Waals surface area contributed by atoms with E-state index >= 15 is 0 Å². The molecule has 0 aromatic heterocycles. The normalized spacial score (nSPS) is 10.2. The summed E-state index contributed by atoms with van der Waals surface area (Å²) in [6.45, 7) is 2.60. The Kier molecular flexibility index (Phi) is 6.32. The Morgan fingerprint density at radius 3 is 2.54 bits per heavy atom. The second-order valence-electron chi connectivity index (χ2n) is 4.99. The topological polar surface area (TPSA) is 56.8 Å². The molecule has 0 aliphatic heterocycles. The highest BCUT2D eigenvalue weighted by Gasteiger charge is 2.16. The molecular weight excluding hydrogens is 330 g/mol. The van der Waals surface area contributed by atoms with E-state index in [0.717, 1.165) is 6.42 Å². The van der Waals surface area contributed by atoms with E-state index in [1.165, 1.54) is 20.3 Å². The summed E-state index contributed by atoms with van der Waals surface area (Å²) >= 11 is 6.15. The number of amides is 1. The SMILES string of the molecule is CCCOc1ccccc1NC(=O)c1cc(Cl)c(OC)c(OC)c1. The van der Waals surface area contributed by atoms with Gasteiger partial charge in [-0.2, -0.15) is 0 Å². The molecule has 6 heteroatoms. The van der Waals surface area contributed by atoms with E-state index in [9.17, 15) is 4.79 Å². The third kappa shape index (κ3) is 4.11. The smallest absolute Gasteiger partial charge is 0.255 e. The second-order valence-corrected chi connectivity index (χ2v) is 5.40. The summed E-state index contributed by atoms with van der Waals surface area (Å²) in [6, 6.07) is 10.4. The van der Waals surface area contributed by atoms with Crippen LogP contribution >= 0.6 is 11.6 Å². The number of halogens is 1. The van der Waals surface area contributed by atoms with Crippen molar-refractivity contribution in [2.45, 2.75) is 13.3 Å². The van der Waals surface area contributed by atoms with Gasteiger partial charge in [-0.25, -0.2) is 0 Å². The molecule has 0 fully saturated rings. The Bertz CT molecular complexity index is 718. The van der Waals surface area contributed by atoms with Gasteiger partial charge < -0.3 is 19.5 Å². The molecule has 5 nitrogen and oxygen atoms in total. The first-order valence-electron chi connectivity index (χ1n) is 7.55. The molecule has 0 spiro atoms. The minimum Gasteiger partial charge on any atom is -0.493 e. The summed E-state index contributed by atoms with van der Waals surface area (Å²) in [6.07, 6.45) is 0.883. The van der Waals surface area contributed by atoms with Gasteiger partial charge in [-0.15, -0.1) is 0 Å². The van der Waals surface area contributed by atoms with Crippen LogP contribution in [0.15, 0.2) is 36.4 Å². The summed E-state index contributed by atoms with van der Waals surface area (Å²) in [7, 11) is 2.98. The van der Waals surface area contributed by atoms with Crippen LogP contribution in [0.5, 0.6) is 17.2 Å². The third-order valence-corrected chi connectivity index (χ3v) is 3.57. The highest BCUT2D eigenvalue weighted by Crippen LogP contribution is 2.36. The van der Waals surface area contributed by atoms with Crippen LogP contribution in [-0.2, 0) is 0 Å². The highest BCUT2D eigenvalue weighted by molar-refractivity contribution is 6.32. The lowest BCUT2D eigenvalue weighted by Crippen LogP contribution is -2.13.